The number of carboxylic acids is 1. The van der Waals surface area contributed by atoms with Crippen LogP contribution in [-0.2, 0) is 35.9 Å². The van der Waals surface area contributed by atoms with Crippen molar-refractivity contribution in [1.29, 1.82) is 0 Å². The molecule has 0 bridgehead atoms. The molecule has 2 aliphatic heterocycles. The van der Waals surface area contributed by atoms with Crippen LogP contribution < -0.4 is 4.90 Å². The number of carboxylic acid groups (broad SMARTS) is 1. The van der Waals surface area contributed by atoms with E-state index in [4.69, 9.17) is 0 Å². The lowest BCUT2D eigenvalue weighted by atomic mass is 9.78. The molecule has 0 unspecified atom stereocenters. The smallest absolute Gasteiger partial charge is 0.304 e. The molecule has 2 heterocycles. The van der Waals surface area contributed by atoms with Crippen LogP contribution in [0.2, 0.25) is 0 Å². The molecule has 0 amide bonds. The summed E-state index contributed by atoms with van der Waals surface area (Å²) in [5.74, 6) is -1.02. The Labute approximate surface area is 370 Å². The van der Waals surface area contributed by atoms with Crippen molar-refractivity contribution < 1.29 is 40.4 Å². The maximum Gasteiger partial charge on any atom is 0.304 e. The summed E-state index contributed by atoms with van der Waals surface area (Å²) in [4.78, 5) is 15.1. The SMILES string of the molecule is CC1(C)C(=CC=C2CCCC(C=CC3=[N+](CCCCS(=O)(=O)O)c4ccc5ccccc5c4C3(C)C)=C2SCCC(=O)O)N(CCCCS(=O)(=O)O)c2ccc3ccccc3c21. The molecule has 7 rings (SSSR count). The van der Waals surface area contributed by atoms with Gasteiger partial charge in [0.2, 0.25) is 5.69 Å². The van der Waals surface area contributed by atoms with Crippen molar-refractivity contribution in [3.8, 4) is 0 Å². The Balaban J connectivity index is 1.30. The van der Waals surface area contributed by atoms with Crippen LogP contribution in [0.25, 0.3) is 21.5 Å². The number of anilines is 1. The third-order valence-corrected chi connectivity index (χ3v) is 15.3. The molecular formula is C49H57N2O8S3+. The van der Waals surface area contributed by atoms with Crippen LogP contribution in [0.4, 0.5) is 11.4 Å². The number of thioether (sulfide) groups is 1. The zero-order valence-electron chi connectivity index (χ0n) is 35.9. The third kappa shape index (κ3) is 9.82. The van der Waals surface area contributed by atoms with Crippen molar-refractivity contribution in [2.45, 2.75) is 89.9 Å². The Bertz CT molecular complexity index is 2800. The van der Waals surface area contributed by atoms with Crippen LogP contribution in [0.3, 0.4) is 0 Å². The molecule has 0 fully saturated rings. The van der Waals surface area contributed by atoms with E-state index in [1.54, 1.807) is 11.8 Å². The maximum atomic E-state index is 11.8. The fourth-order valence-electron chi connectivity index (χ4n) is 9.67. The number of rotatable bonds is 17. The summed E-state index contributed by atoms with van der Waals surface area (Å²) < 4.78 is 67.5. The van der Waals surface area contributed by atoms with Crippen molar-refractivity contribution in [2.75, 3.05) is 35.2 Å². The minimum absolute atomic E-state index is 0.0242. The van der Waals surface area contributed by atoms with Gasteiger partial charge in [0, 0.05) is 58.1 Å². The van der Waals surface area contributed by atoms with E-state index in [1.807, 2.05) is 12.1 Å². The standard InChI is InChI=1S/C49H56N2O8S3/c1-48(2)42(50(29-9-11-32-61(54,55)56)40-24-20-34-14-5-7-18-38(34)45(40)48)26-22-36-16-13-17-37(47(36)60-31-28-44(52)53)23-27-43-49(3,4)46-39-19-8-6-15-35(39)21-25-41(46)51(43)30-10-12-33-62(57,58)59/h5-8,14-15,18-27H,9-13,16-17,28-33H2,1-4H3,(H2-,52,53,54,55,56,57,58,59)/p+1. The van der Waals surface area contributed by atoms with Gasteiger partial charge < -0.3 is 10.0 Å². The molecule has 0 saturated carbocycles. The molecule has 62 heavy (non-hydrogen) atoms. The van der Waals surface area contributed by atoms with E-state index in [1.165, 1.54) is 21.9 Å². The van der Waals surface area contributed by atoms with E-state index in [2.05, 4.69) is 122 Å². The van der Waals surface area contributed by atoms with Crippen LogP contribution in [0.15, 0.2) is 119 Å². The first kappa shape index (κ1) is 45.5. The highest BCUT2D eigenvalue weighted by Crippen LogP contribution is 2.51. The number of hydrogen-bond acceptors (Lipinski definition) is 7. The second kappa shape index (κ2) is 18.3. The number of carbonyl (C=O) groups is 1. The second-order valence-corrected chi connectivity index (χ2v) is 21.8. The molecular weight excluding hydrogens is 841 g/mol. The van der Waals surface area contributed by atoms with E-state index in [0.717, 1.165) is 68.9 Å². The van der Waals surface area contributed by atoms with Crippen LogP contribution in [-0.4, -0.2) is 77.7 Å². The van der Waals surface area contributed by atoms with Gasteiger partial charge in [0.05, 0.1) is 23.3 Å². The normalized spacial score (nSPS) is 18.8. The monoisotopic (exact) mass is 897 g/mol. The van der Waals surface area contributed by atoms with E-state index >= 15 is 0 Å². The molecule has 13 heteroatoms. The van der Waals surface area contributed by atoms with Crippen molar-refractivity contribution in [3.63, 3.8) is 0 Å². The average molecular weight is 898 g/mol. The van der Waals surface area contributed by atoms with Gasteiger partial charge in [0.25, 0.3) is 20.2 Å². The molecule has 1 aliphatic carbocycles. The van der Waals surface area contributed by atoms with Gasteiger partial charge in [-0.3, -0.25) is 13.9 Å². The summed E-state index contributed by atoms with van der Waals surface area (Å²) in [6.07, 6.45) is 13.1. The van der Waals surface area contributed by atoms with Crippen molar-refractivity contribution >= 4 is 76.6 Å². The molecule has 4 aromatic carbocycles. The minimum atomic E-state index is -4.07. The van der Waals surface area contributed by atoms with E-state index < -0.39 is 37.0 Å². The van der Waals surface area contributed by atoms with Crippen molar-refractivity contribution in [3.05, 3.63) is 130 Å². The molecule has 3 aliphatic rings. The summed E-state index contributed by atoms with van der Waals surface area (Å²) in [6.45, 7) is 10.0. The van der Waals surface area contributed by atoms with Crippen LogP contribution in [0.5, 0.6) is 0 Å². The topological polar surface area (TPSA) is 152 Å². The Morgan fingerprint density at radius 1 is 0.758 bits per heavy atom. The zero-order chi connectivity index (χ0) is 44.5. The van der Waals surface area contributed by atoms with Gasteiger partial charge in [-0.25, -0.2) is 0 Å². The number of unbranched alkanes of at least 4 members (excludes halogenated alkanes) is 2. The first-order chi connectivity index (χ1) is 29.4. The highest BCUT2D eigenvalue weighted by Gasteiger charge is 2.45. The molecule has 4 aromatic rings. The Morgan fingerprint density at radius 3 is 2.05 bits per heavy atom. The highest BCUT2D eigenvalue weighted by molar-refractivity contribution is 8.03. The fourth-order valence-corrected chi connectivity index (χ4v) is 12.0. The number of benzene rings is 4. The Morgan fingerprint density at radius 2 is 1.39 bits per heavy atom. The summed E-state index contributed by atoms with van der Waals surface area (Å²) in [5.41, 5.74) is 8.21. The predicted molar refractivity (Wildman–Crippen MR) is 253 cm³/mol. The fraction of sp³-hybridized carbons (Fsp3) is 0.388. The molecule has 0 aromatic heterocycles. The van der Waals surface area contributed by atoms with Gasteiger partial charge in [-0.05, 0) is 109 Å². The number of allylic oxidation sites excluding steroid dienone is 7. The van der Waals surface area contributed by atoms with Crippen LogP contribution >= 0.6 is 11.8 Å². The Kier molecular flexibility index (Phi) is 13.4. The van der Waals surface area contributed by atoms with Crippen molar-refractivity contribution in [2.24, 2.45) is 0 Å². The average Bonchev–Trinajstić information content (AvgIpc) is 3.57. The van der Waals surface area contributed by atoms with E-state index in [0.29, 0.717) is 44.5 Å². The van der Waals surface area contributed by atoms with Gasteiger partial charge in [-0.1, -0.05) is 80.6 Å². The maximum absolute atomic E-state index is 11.8. The largest absolute Gasteiger partial charge is 0.481 e. The third-order valence-electron chi connectivity index (χ3n) is 12.5. The summed E-state index contributed by atoms with van der Waals surface area (Å²) in [5, 5.41) is 14.3. The van der Waals surface area contributed by atoms with Gasteiger partial charge in [-0.15, -0.1) is 11.8 Å². The molecule has 10 nitrogen and oxygen atoms in total. The molecule has 0 atom stereocenters. The number of hydrogen-bond donors (Lipinski definition) is 3. The van der Waals surface area contributed by atoms with Gasteiger partial charge in [-0.2, -0.15) is 21.4 Å². The number of aliphatic carboxylic acids is 1. The number of fused-ring (bicyclic) bond motifs is 6. The van der Waals surface area contributed by atoms with E-state index in [-0.39, 0.29) is 17.9 Å². The molecule has 0 radical (unpaired) electrons. The summed E-state index contributed by atoms with van der Waals surface area (Å²) in [6, 6.07) is 25.3. The quantitative estimate of drug-likeness (QED) is 0.0530. The van der Waals surface area contributed by atoms with Gasteiger partial charge in [0.1, 0.15) is 6.54 Å². The Hall–Kier alpha value is -4.53. The predicted octanol–water partition coefficient (Wildman–Crippen LogP) is 10.5. The first-order valence-electron chi connectivity index (χ1n) is 21.4. The summed E-state index contributed by atoms with van der Waals surface area (Å²) >= 11 is 1.58. The molecule has 328 valence electrons. The lowest BCUT2D eigenvalue weighted by Gasteiger charge is -2.28. The first-order valence-corrected chi connectivity index (χ1v) is 25.6. The van der Waals surface area contributed by atoms with Gasteiger partial charge >= 0.3 is 5.97 Å². The second-order valence-electron chi connectivity index (χ2n) is 17.6. The van der Waals surface area contributed by atoms with Crippen molar-refractivity contribution in [1.82, 2.24) is 0 Å². The highest BCUT2D eigenvalue weighted by atomic mass is 32.2. The van der Waals surface area contributed by atoms with Gasteiger partial charge in [0.15, 0.2) is 5.71 Å². The lowest BCUT2D eigenvalue weighted by Crippen LogP contribution is -2.28. The number of nitrogens with zero attached hydrogens (tertiary/aromatic N) is 2. The molecule has 0 saturated heterocycles. The van der Waals surface area contributed by atoms with Crippen LogP contribution in [0, 0.1) is 0 Å². The van der Waals surface area contributed by atoms with Crippen LogP contribution in [0.1, 0.15) is 90.2 Å². The molecule has 0 spiro atoms. The summed E-state index contributed by atoms with van der Waals surface area (Å²) in [7, 11) is -8.15. The lowest BCUT2D eigenvalue weighted by molar-refractivity contribution is -0.438. The zero-order valence-corrected chi connectivity index (χ0v) is 38.4. The molecule has 3 N–H and O–H groups in total. The van der Waals surface area contributed by atoms with E-state index in [9.17, 15) is 35.8 Å². The minimum Gasteiger partial charge on any atom is -0.481 e.